The van der Waals surface area contributed by atoms with Crippen molar-refractivity contribution in [3.8, 4) is 0 Å². The molecule has 0 aromatic carbocycles. The van der Waals surface area contributed by atoms with E-state index in [4.69, 9.17) is 12.7 Å². The molecule has 0 atom stereocenters. The Morgan fingerprint density at radius 1 is 1.21 bits per heavy atom. The molecule has 2 radical (unpaired) electrons. The summed E-state index contributed by atoms with van der Waals surface area (Å²) in [5, 5.41) is 2.79. The van der Waals surface area contributed by atoms with Gasteiger partial charge in [0.1, 0.15) is 0 Å². The van der Waals surface area contributed by atoms with Crippen LogP contribution in [-0.2, 0) is 4.74 Å². The Bertz CT molecular complexity index is 167. The van der Waals surface area contributed by atoms with E-state index in [9.17, 15) is 0 Å². The molecule has 0 saturated carbocycles. The molecule has 2 nitrogen and oxygen atoms in total. The molecule has 0 aliphatic heterocycles. The zero-order valence-corrected chi connectivity index (χ0v) is 10.5. The lowest BCUT2D eigenvalue weighted by molar-refractivity contribution is -0.0702. The largest absolute Gasteiger partial charge is 0.374 e. The van der Waals surface area contributed by atoms with Gasteiger partial charge in [-0.1, -0.05) is 13.8 Å². The second-order valence-corrected chi connectivity index (χ2v) is 5.31. The molecule has 0 fully saturated rings. The highest BCUT2D eigenvalue weighted by Crippen LogP contribution is 2.25. The first kappa shape index (κ1) is 14.0. The minimum absolute atomic E-state index is 0.218. The molecule has 1 N–H and O–H groups in total. The van der Waals surface area contributed by atoms with E-state index in [0.29, 0.717) is 5.92 Å². The minimum Gasteiger partial charge on any atom is -0.374 e. The standard InChI is InChI=1S/C11H24BNO/c1-9(2)7-8-14-11(5,6)10(3,4)13-12/h9,13H,7-8H2,1-6H3. The SMILES string of the molecule is [B]NC(C)(C)C(C)(C)OCCC(C)C. The van der Waals surface area contributed by atoms with E-state index < -0.39 is 0 Å². The van der Waals surface area contributed by atoms with Crippen LogP contribution >= 0.6 is 0 Å². The number of rotatable bonds is 6. The van der Waals surface area contributed by atoms with Crippen LogP contribution in [0.3, 0.4) is 0 Å². The van der Waals surface area contributed by atoms with Crippen LogP contribution in [-0.4, -0.2) is 25.7 Å². The van der Waals surface area contributed by atoms with Gasteiger partial charge in [0.15, 0.2) is 7.98 Å². The van der Waals surface area contributed by atoms with Crippen LogP contribution < -0.4 is 5.23 Å². The average molecular weight is 197 g/mol. The van der Waals surface area contributed by atoms with Gasteiger partial charge in [-0.25, -0.2) is 0 Å². The van der Waals surface area contributed by atoms with Crippen molar-refractivity contribution in [2.24, 2.45) is 5.92 Å². The van der Waals surface area contributed by atoms with Crippen LogP contribution in [0.25, 0.3) is 0 Å². The van der Waals surface area contributed by atoms with Crippen molar-refractivity contribution in [3.05, 3.63) is 0 Å². The van der Waals surface area contributed by atoms with Gasteiger partial charge in [0.05, 0.1) is 5.60 Å². The number of hydrogen-bond acceptors (Lipinski definition) is 2. The van der Waals surface area contributed by atoms with Gasteiger partial charge in [-0.05, 0) is 40.0 Å². The minimum atomic E-state index is -0.253. The lowest BCUT2D eigenvalue weighted by Crippen LogP contribution is -2.56. The summed E-state index contributed by atoms with van der Waals surface area (Å²) in [5.41, 5.74) is -0.472. The molecule has 0 amide bonds. The van der Waals surface area contributed by atoms with Gasteiger partial charge in [-0.15, -0.1) is 0 Å². The van der Waals surface area contributed by atoms with E-state index >= 15 is 0 Å². The summed E-state index contributed by atoms with van der Waals surface area (Å²) in [5.74, 6) is 0.680. The molecular weight excluding hydrogens is 173 g/mol. The Balaban J connectivity index is 4.07. The second-order valence-electron chi connectivity index (χ2n) is 5.31. The van der Waals surface area contributed by atoms with Crippen molar-refractivity contribution >= 4 is 7.98 Å². The maximum atomic E-state index is 5.85. The summed E-state index contributed by atoms with van der Waals surface area (Å²) in [6.07, 6.45) is 1.09. The van der Waals surface area contributed by atoms with Crippen LogP contribution in [0, 0.1) is 5.92 Å². The van der Waals surface area contributed by atoms with Gasteiger partial charge in [0.25, 0.3) is 0 Å². The van der Waals surface area contributed by atoms with Crippen LogP contribution in [0.15, 0.2) is 0 Å². The summed E-state index contributed by atoms with van der Waals surface area (Å²) >= 11 is 0. The molecule has 0 heterocycles. The zero-order chi connectivity index (χ0) is 11.4. The molecule has 0 rings (SSSR count). The second kappa shape index (κ2) is 5.17. The first-order chi connectivity index (χ1) is 6.23. The molecule has 14 heavy (non-hydrogen) atoms. The van der Waals surface area contributed by atoms with E-state index in [1.807, 2.05) is 13.8 Å². The first-order valence-electron chi connectivity index (χ1n) is 5.34. The van der Waals surface area contributed by atoms with Crippen molar-refractivity contribution in [3.63, 3.8) is 0 Å². The van der Waals surface area contributed by atoms with Crippen LogP contribution in [0.5, 0.6) is 0 Å². The van der Waals surface area contributed by atoms with Crippen molar-refractivity contribution < 1.29 is 4.74 Å². The summed E-state index contributed by atoms with van der Waals surface area (Å²) in [6, 6.07) is 0. The maximum Gasteiger partial charge on any atom is 0.178 e. The fourth-order valence-corrected chi connectivity index (χ4v) is 0.904. The van der Waals surface area contributed by atoms with Crippen molar-refractivity contribution in [1.82, 2.24) is 5.23 Å². The molecule has 0 aliphatic carbocycles. The van der Waals surface area contributed by atoms with Crippen LogP contribution in [0.1, 0.15) is 48.0 Å². The van der Waals surface area contributed by atoms with Gasteiger partial charge in [0, 0.05) is 12.1 Å². The van der Waals surface area contributed by atoms with Gasteiger partial charge < -0.3 is 9.96 Å². The van der Waals surface area contributed by atoms with Crippen LogP contribution in [0.4, 0.5) is 0 Å². The van der Waals surface area contributed by atoms with Crippen LogP contribution in [0.2, 0.25) is 0 Å². The zero-order valence-electron chi connectivity index (χ0n) is 10.5. The molecule has 0 aliphatic rings. The topological polar surface area (TPSA) is 21.3 Å². The molecule has 0 aromatic rings. The normalized spacial score (nSPS) is 13.6. The van der Waals surface area contributed by atoms with E-state index in [1.54, 1.807) is 0 Å². The van der Waals surface area contributed by atoms with E-state index in [-0.39, 0.29) is 11.1 Å². The van der Waals surface area contributed by atoms with Crippen molar-refractivity contribution in [2.45, 2.75) is 59.1 Å². The lowest BCUT2D eigenvalue weighted by atomic mass is 9.84. The highest BCUT2D eigenvalue weighted by molar-refractivity contribution is 6.04. The third-order valence-corrected chi connectivity index (χ3v) is 3.02. The Labute approximate surface area is 90.2 Å². The predicted octanol–water partition coefficient (Wildman–Crippen LogP) is 2.28. The first-order valence-corrected chi connectivity index (χ1v) is 5.34. The van der Waals surface area contributed by atoms with Gasteiger partial charge in [0.2, 0.25) is 0 Å². The fourth-order valence-electron chi connectivity index (χ4n) is 0.904. The van der Waals surface area contributed by atoms with Gasteiger partial charge in [-0.2, -0.15) is 0 Å². The Kier molecular flexibility index (Phi) is 5.17. The third-order valence-electron chi connectivity index (χ3n) is 3.02. The highest BCUT2D eigenvalue weighted by Gasteiger charge is 2.35. The fraction of sp³-hybridized carbons (Fsp3) is 1.00. The molecule has 0 bridgehead atoms. The van der Waals surface area contributed by atoms with Gasteiger partial charge in [-0.3, -0.25) is 0 Å². The molecule has 3 heteroatoms. The lowest BCUT2D eigenvalue weighted by Gasteiger charge is -2.42. The quantitative estimate of drug-likeness (QED) is 0.659. The van der Waals surface area contributed by atoms with E-state index in [2.05, 4.69) is 32.9 Å². The number of hydrogen-bond donors (Lipinski definition) is 1. The molecule has 0 saturated heterocycles. The predicted molar refractivity (Wildman–Crippen MR) is 62.5 cm³/mol. The summed E-state index contributed by atoms with van der Waals surface area (Å²) < 4.78 is 5.85. The van der Waals surface area contributed by atoms with E-state index in [0.717, 1.165) is 13.0 Å². The molecule has 0 unspecified atom stereocenters. The summed E-state index contributed by atoms with van der Waals surface area (Å²) in [7, 11) is 5.49. The molecule has 82 valence electrons. The summed E-state index contributed by atoms with van der Waals surface area (Å²) in [6.45, 7) is 13.4. The molecule has 0 aromatic heterocycles. The Hall–Kier alpha value is -0.0151. The third kappa shape index (κ3) is 4.01. The monoisotopic (exact) mass is 197 g/mol. The molecular formula is C11H24BNO. The number of nitrogens with one attached hydrogen (secondary N) is 1. The maximum absolute atomic E-state index is 5.85. The van der Waals surface area contributed by atoms with E-state index in [1.165, 1.54) is 0 Å². The Morgan fingerprint density at radius 3 is 2.07 bits per heavy atom. The number of ether oxygens (including phenoxy) is 1. The summed E-state index contributed by atoms with van der Waals surface area (Å²) in [4.78, 5) is 0. The Morgan fingerprint density at radius 2 is 1.71 bits per heavy atom. The van der Waals surface area contributed by atoms with Gasteiger partial charge >= 0.3 is 0 Å². The highest BCUT2D eigenvalue weighted by atomic mass is 16.5. The molecule has 0 spiro atoms. The average Bonchev–Trinajstić information content (AvgIpc) is 2.03. The smallest absolute Gasteiger partial charge is 0.178 e. The van der Waals surface area contributed by atoms with Crippen molar-refractivity contribution in [2.75, 3.05) is 6.61 Å². The van der Waals surface area contributed by atoms with Crippen molar-refractivity contribution in [1.29, 1.82) is 0 Å².